The van der Waals surface area contributed by atoms with E-state index in [0.29, 0.717) is 0 Å². The number of alkyl carbamates (subject to hydrolysis) is 1. The highest BCUT2D eigenvalue weighted by Gasteiger charge is 2.42. The van der Waals surface area contributed by atoms with E-state index in [4.69, 9.17) is 4.74 Å². The van der Waals surface area contributed by atoms with Gasteiger partial charge in [0.05, 0.1) is 0 Å². The molecule has 182 valence electrons. The van der Waals surface area contributed by atoms with Crippen molar-refractivity contribution in [3.63, 3.8) is 0 Å². The Hall–Kier alpha value is -2.57. The van der Waals surface area contributed by atoms with Gasteiger partial charge in [0.25, 0.3) is 0 Å². The Morgan fingerprint density at radius 3 is 2.27 bits per heavy atom. The van der Waals surface area contributed by atoms with Gasteiger partial charge in [-0.1, -0.05) is 37.5 Å². The molecule has 0 spiro atoms. The highest BCUT2D eigenvalue weighted by Crippen LogP contribution is 2.36. The zero-order chi connectivity index (χ0) is 24.2. The van der Waals surface area contributed by atoms with Crippen LogP contribution in [0.3, 0.4) is 0 Å². The molecular formula is C26H39N3O4. The first-order valence-electron chi connectivity index (χ1n) is 12.2. The molecule has 1 unspecified atom stereocenters. The van der Waals surface area contributed by atoms with Gasteiger partial charge in [-0.05, 0) is 77.0 Å². The van der Waals surface area contributed by atoms with Gasteiger partial charge in [-0.15, -0.1) is 0 Å². The predicted molar refractivity (Wildman–Crippen MR) is 128 cm³/mol. The second-order valence-corrected chi connectivity index (χ2v) is 10.5. The standard InChI is InChI=1S/C26H39N3O4/c1-17-11-12-19(15-18(17)2)23(24(31)28-20-9-7-6-8-10-20)29(21-13-14-21)22(30)16-27-25(32)33-26(3,4)5/h11-12,15,20-21,23H,6-10,13-14,16H2,1-5H3,(H,27,32)(H,28,31). The number of carbonyl (C=O) groups excluding carboxylic acids is 3. The Morgan fingerprint density at radius 1 is 1.03 bits per heavy atom. The second-order valence-electron chi connectivity index (χ2n) is 10.5. The van der Waals surface area contributed by atoms with Crippen LogP contribution in [0.15, 0.2) is 18.2 Å². The molecule has 0 aliphatic heterocycles. The summed E-state index contributed by atoms with van der Waals surface area (Å²) in [5.41, 5.74) is 2.38. The van der Waals surface area contributed by atoms with Crippen LogP contribution in [0.5, 0.6) is 0 Å². The van der Waals surface area contributed by atoms with Crippen molar-refractivity contribution in [3.8, 4) is 0 Å². The Balaban J connectivity index is 1.82. The van der Waals surface area contributed by atoms with Crippen molar-refractivity contribution < 1.29 is 19.1 Å². The average Bonchev–Trinajstić information content (AvgIpc) is 3.57. The van der Waals surface area contributed by atoms with E-state index < -0.39 is 17.7 Å². The van der Waals surface area contributed by atoms with Crippen molar-refractivity contribution in [2.45, 2.75) is 103 Å². The largest absolute Gasteiger partial charge is 0.444 e. The fourth-order valence-electron chi connectivity index (χ4n) is 4.36. The lowest BCUT2D eigenvalue weighted by molar-refractivity contribution is -0.141. The van der Waals surface area contributed by atoms with Crippen LogP contribution in [0, 0.1) is 13.8 Å². The first kappa shape index (κ1) is 25.1. The molecule has 2 fully saturated rings. The third kappa shape index (κ3) is 7.21. The summed E-state index contributed by atoms with van der Waals surface area (Å²) in [5, 5.41) is 5.79. The molecule has 2 N–H and O–H groups in total. The lowest BCUT2D eigenvalue weighted by Crippen LogP contribution is -2.50. The molecule has 0 heterocycles. The van der Waals surface area contributed by atoms with E-state index in [-0.39, 0.29) is 30.4 Å². The molecule has 2 aliphatic rings. The number of benzene rings is 1. The lowest BCUT2D eigenvalue weighted by Gasteiger charge is -2.34. The van der Waals surface area contributed by atoms with Gasteiger partial charge in [-0.3, -0.25) is 9.59 Å². The highest BCUT2D eigenvalue weighted by atomic mass is 16.6. The number of nitrogens with zero attached hydrogens (tertiary/aromatic N) is 1. The number of aryl methyl sites for hydroxylation is 2. The zero-order valence-electron chi connectivity index (χ0n) is 20.7. The molecule has 3 amide bonds. The number of hydrogen-bond acceptors (Lipinski definition) is 4. The summed E-state index contributed by atoms with van der Waals surface area (Å²) in [6, 6.07) is 5.38. The van der Waals surface area contributed by atoms with Crippen molar-refractivity contribution >= 4 is 17.9 Å². The lowest BCUT2D eigenvalue weighted by atomic mass is 9.94. The Bertz CT molecular complexity index is 867. The number of nitrogens with one attached hydrogen (secondary N) is 2. The van der Waals surface area contributed by atoms with Crippen molar-refractivity contribution in [3.05, 3.63) is 34.9 Å². The van der Waals surface area contributed by atoms with Crippen LogP contribution in [0.4, 0.5) is 4.79 Å². The van der Waals surface area contributed by atoms with E-state index in [1.807, 2.05) is 32.0 Å². The maximum atomic E-state index is 13.6. The maximum Gasteiger partial charge on any atom is 0.408 e. The summed E-state index contributed by atoms with van der Waals surface area (Å²) >= 11 is 0. The van der Waals surface area contributed by atoms with Gasteiger partial charge in [0.1, 0.15) is 18.2 Å². The first-order chi connectivity index (χ1) is 15.5. The van der Waals surface area contributed by atoms with Crippen molar-refractivity contribution in [2.75, 3.05) is 6.54 Å². The molecule has 0 bridgehead atoms. The molecule has 0 saturated heterocycles. The molecule has 0 aromatic heterocycles. The minimum Gasteiger partial charge on any atom is -0.444 e. The summed E-state index contributed by atoms with van der Waals surface area (Å²) in [7, 11) is 0. The molecule has 3 rings (SSSR count). The summed E-state index contributed by atoms with van der Waals surface area (Å²) in [6.45, 7) is 9.17. The molecule has 7 heteroatoms. The minimum absolute atomic E-state index is 0.00153. The summed E-state index contributed by atoms with van der Waals surface area (Å²) in [6.07, 6.45) is 6.46. The molecule has 2 saturated carbocycles. The molecule has 2 aliphatic carbocycles. The van der Waals surface area contributed by atoms with Gasteiger partial charge >= 0.3 is 6.09 Å². The summed E-state index contributed by atoms with van der Waals surface area (Å²) in [5.74, 6) is -0.409. The molecule has 7 nitrogen and oxygen atoms in total. The summed E-state index contributed by atoms with van der Waals surface area (Å²) < 4.78 is 5.27. The first-order valence-corrected chi connectivity index (χ1v) is 12.2. The molecule has 1 atom stereocenters. The fourth-order valence-corrected chi connectivity index (χ4v) is 4.36. The number of carbonyl (C=O) groups is 3. The van der Waals surface area contributed by atoms with Crippen LogP contribution in [-0.4, -0.2) is 47.0 Å². The van der Waals surface area contributed by atoms with Crippen molar-refractivity contribution in [2.24, 2.45) is 0 Å². The topological polar surface area (TPSA) is 87.7 Å². The van der Waals surface area contributed by atoms with Crippen LogP contribution in [0.2, 0.25) is 0 Å². The van der Waals surface area contributed by atoms with Crippen LogP contribution >= 0.6 is 0 Å². The van der Waals surface area contributed by atoms with Gasteiger partial charge in [-0.2, -0.15) is 0 Å². The molecule has 33 heavy (non-hydrogen) atoms. The number of rotatable bonds is 7. The van der Waals surface area contributed by atoms with Gasteiger partial charge in [0, 0.05) is 12.1 Å². The molecule has 0 radical (unpaired) electrons. The van der Waals surface area contributed by atoms with E-state index >= 15 is 0 Å². The van der Waals surface area contributed by atoms with Crippen LogP contribution < -0.4 is 10.6 Å². The molecule has 1 aromatic carbocycles. The third-order valence-electron chi connectivity index (χ3n) is 6.34. The number of hydrogen-bond donors (Lipinski definition) is 2. The third-order valence-corrected chi connectivity index (χ3v) is 6.34. The quantitative estimate of drug-likeness (QED) is 0.639. The zero-order valence-corrected chi connectivity index (χ0v) is 20.7. The normalized spacial score (nSPS) is 17.7. The number of ether oxygens (including phenoxy) is 1. The van der Waals surface area contributed by atoms with Crippen molar-refractivity contribution in [1.29, 1.82) is 0 Å². The number of amides is 3. The van der Waals surface area contributed by atoms with E-state index in [1.165, 1.54) is 6.42 Å². The highest BCUT2D eigenvalue weighted by molar-refractivity contribution is 5.91. The average molecular weight is 458 g/mol. The van der Waals surface area contributed by atoms with Crippen molar-refractivity contribution in [1.82, 2.24) is 15.5 Å². The van der Waals surface area contributed by atoms with Gasteiger partial charge in [-0.25, -0.2) is 4.79 Å². The van der Waals surface area contributed by atoms with E-state index in [9.17, 15) is 14.4 Å². The monoisotopic (exact) mass is 457 g/mol. The maximum absolute atomic E-state index is 13.6. The van der Waals surface area contributed by atoms with Gasteiger partial charge < -0.3 is 20.3 Å². The van der Waals surface area contributed by atoms with Gasteiger partial charge in [0.2, 0.25) is 11.8 Å². The molecular weight excluding hydrogens is 418 g/mol. The van der Waals surface area contributed by atoms with Gasteiger partial charge in [0.15, 0.2) is 0 Å². The van der Waals surface area contributed by atoms with E-state index in [1.54, 1.807) is 25.7 Å². The van der Waals surface area contributed by atoms with Crippen LogP contribution in [0.1, 0.15) is 88.4 Å². The van der Waals surface area contributed by atoms with E-state index in [2.05, 4.69) is 10.6 Å². The fraction of sp³-hybridized carbons (Fsp3) is 0.654. The van der Waals surface area contributed by atoms with Crippen LogP contribution in [0.25, 0.3) is 0 Å². The smallest absolute Gasteiger partial charge is 0.408 e. The SMILES string of the molecule is Cc1ccc(C(C(=O)NC2CCCCC2)N(C(=O)CNC(=O)OC(C)(C)C)C2CC2)cc1C. The Kier molecular flexibility index (Phi) is 8.03. The second kappa shape index (κ2) is 10.6. The van der Waals surface area contributed by atoms with Crippen LogP contribution in [-0.2, 0) is 14.3 Å². The van der Waals surface area contributed by atoms with E-state index in [0.717, 1.165) is 55.2 Å². The summed E-state index contributed by atoms with van der Waals surface area (Å²) in [4.78, 5) is 40.7. The minimum atomic E-state index is -0.716. The predicted octanol–water partition coefficient (Wildman–Crippen LogP) is 4.31. The Morgan fingerprint density at radius 2 is 1.70 bits per heavy atom. The molecule has 1 aromatic rings. The Labute approximate surface area is 197 Å².